The third-order valence-corrected chi connectivity index (χ3v) is 4.84. The third kappa shape index (κ3) is 4.43. The number of likely N-dealkylation sites (N-methyl/N-ethyl adjacent to an activating group) is 2. The van der Waals surface area contributed by atoms with Crippen LogP contribution < -0.4 is 5.32 Å². The molecule has 2 rings (SSSR count). The number of halogens is 1. The summed E-state index contributed by atoms with van der Waals surface area (Å²) in [6.45, 7) is 9.34. The van der Waals surface area contributed by atoms with Crippen molar-refractivity contribution in [2.75, 3.05) is 32.8 Å². The fourth-order valence-corrected chi connectivity index (χ4v) is 3.68. The topological polar surface area (TPSA) is 24.5 Å². The van der Waals surface area contributed by atoms with Crippen LogP contribution in [0.1, 0.15) is 18.7 Å². The lowest BCUT2D eigenvalue weighted by Gasteiger charge is -2.36. The maximum absolute atomic E-state index is 6.01. The normalized spacial score (nSPS) is 22.6. The van der Waals surface area contributed by atoms with E-state index in [0.29, 0.717) is 6.04 Å². The lowest BCUT2D eigenvalue weighted by atomic mass is 10.0. The molecule has 1 aromatic rings. The van der Waals surface area contributed by atoms with E-state index >= 15 is 0 Å². The molecule has 19 heavy (non-hydrogen) atoms. The third-order valence-electron chi connectivity index (χ3n) is 3.59. The fourth-order valence-electron chi connectivity index (χ4n) is 2.54. The lowest BCUT2D eigenvalue weighted by molar-refractivity contribution is -0.0443. The van der Waals surface area contributed by atoms with Gasteiger partial charge in [0.15, 0.2) is 0 Å². The van der Waals surface area contributed by atoms with E-state index in [2.05, 4.69) is 30.1 Å². The smallest absolute Gasteiger partial charge is 0.0931 e. The van der Waals surface area contributed by atoms with Crippen molar-refractivity contribution in [3.05, 3.63) is 21.3 Å². The van der Waals surface area contributed by atoms with Gasteiger partial charge in [-0.1, -0.05) is 25.4 Å². The summed E-state index contributed by atoms with van der Waals surface area (Å²) in [5, 5.41) is 3.57. The standard InChI is InChI=1S/C14H23ClN2OS/c1-3-16-12(9-11-5-6-14(15)19-11)13-10-17(4-2)7-8-18-13/h5-6,12-13,16H,3-4,7-10H2,1-2H3. The molecule has 0 amide bonds. The number of thiophene rings is 1. The molecule has 1 aromatic heterocycles. The van der Waals surface area contributed by atoms with Crippen molar-refractivity contribution in [1.29, 1.82) is 0 Å². The van der Waals surface area contributed by atoms with Crippen molar-refractivity contribution in [3.8, 4) is 0 Å². The molecule has 5 heteroatoms. The number of rotatable bonds is 6. The van der Waals surface area contributed by atoms with Crippen molar-refractivity contribution in [3.63, 3.8) is 0 Å². The van der Waals surface area contributed by atoms with Crippen LogP contribution in [0.5, 0.6) is 0 Å². The molecule has 0 spiro atoms. The van der Waals surface area contributed by atoms with Gasteiger partial charge in [0.1, 0.15) is 0 Å². The monoisotopic (exact) mass is 302 g/mol. The van der Waals surface area contributed by atoms with Crippen molar-refractivity contribution >= 4 is 22.9 Å². The minimum absolute atomic E-state index is 0.273. The van der Waals surface area contributed by atoms with Gasteiger partial charge in [0.25, 0.3) is 0 Å². The van der Waals surface area contributed by atoms with Crippen LogP contribution in [0.2, 0.25) is 4.34 Å². The average molecular weight is 303 g/mol. The number of hydrogen-bond donors (Lipinski definition) is 1. The molecule has 108 valence electrons. The first kappa shape index (κ1) is 15.3. The Bertz CT molecular complexity index is 385. The summed E-state index contributed by atoms with van der Waals surface area (Å²) in [6.07, 6.45) is 1.27. The molecule has 0 saturated carbocycles. The largest absolute Gasteiger partial charge is 0.374 e. The zero-order valence-electron chi connectivity index (χ0n) is 11.7. The Kier molecular flexibility index (Phi) is 6.10. The predicted molar refractivity (Wildman–Crippen MR) is 82.4 cm³/mol. The molecule has 0 aliphatic carbocycles. The van der Waals surface area contributed by atoms with E-state index in [1.807, 2.05) is 6.07 Å². The second-order valence-electron chi connectivity index (χ2n) is 4.88. The van der Waals surface area contributed by atoms with E-state index in [1.165, 1.54) is 4.88 Å². The van der Waals surface area contributed by atoms with Crippen LogP contribution in [0.4, 0.5) is 0 Å². The highest BCUT2D eigenvalue weighted by Gasteiger charge is 2.27. The Labute approximate surface area is 124 Å². The Morgan fingerprint density at radius 2 is 2.37 bits per heavy atom. The highest BCUT2D eigenvalue weighted by molar-refractivity contribution is 7.16. The summed E-state index contributed by atoms with van der Waals surface area (Å²) in [4.78, 5) is 3.79. The number of morpholine rings is 1. The summed E-state index contributed by atoms with van der Waals surface area (Å²) < 4.78 is 6.84. The van der Waals surface area contributed by atoms with Crippen LogP contribution in [0.3, 0.4) is 0 Å². The van der Waals surface area contributed by atoms with Crippen LogP contribution in [0, 0.1) is 0 Å². The second-order valence-corrected chi connectivity index (χ2v) is 6.68. The van der Waals surface area contributed by atoms with Crippen LogP contribution in [0.25, 0.3) is 0 Å². The summed E-state index contributed by atoms with van der Waals surface area (Å²) >= 11 is 7.68. The maximum Gasteiger partial charge on any atom is 0.0931 e. The van der Waals surface area contributed by atoms with Gasteiger partial charge in [-0.2, -0.15) is 0 Å². The van der Waals surface area contributed by atoms with Gasteiger partial charge in [0.2, 0.25) is 0 Å². The molecule has 0 bridgehead atoms. The number of hydrogen-bond acceptors (Lipinski definition) is 4. The van der Waals surface area contributed by atoms with Gasteiger partial charge < -0.3 is 10.1 Å². The Morgan fingerprint density at radius 3 is 3.00 bits per heavy atom. The van der Waals surface area contributed by atoms with Gasteiger partial charge in [0, 0.05) is 24.0 Å². The molecule has 1 fully saturated rings. The van der Waals surface area contributed by atoms with Gasteiger partial charge in [-0.05, 0) is 31.6 Å². The molecule has 2 heterocycles. The van der Waals surface area contributed by atoms with Gasteiger partial charge in [-0.3, -0.25) is 4.90 Å². The summed E-state index contributed by atoms with van der Waals surface area (Å²) in [5.74, 6) is 0. The van der Waals surface area contributed by atoms with Crippen LogP contribution in [0.15, 0.2) is 12.1 Å². The number of nitrogens with zero attached hydrogens (tertiary/aromatic N) is 1. The van der Waals surface area contributed by atoms with Crippen molar-refractivity contribution < 1.29 is 4.74 Å². The highest BCUT2D eigenvalue weighted by atomic mass is 35.5. The highest BCUT2D eigenvalue weighted by Crippen LogP contribution is 2.24. The Hall–Kier alpha value is -0.130. The van der Waals surface area contributed by atoms with Crippen LogP contribution in [-0.4, -0.2) is 49.8 Å². The van der Waals surface area contributed by atoms with E-state index in [0.717, 1.165) is 43.5 Å². The molecule has 0 aromatic carbocycles. The Morgan fingerprint density at radius 1 is 1.53 bits per heavy atom. The molecule has 2 atom stereocenters. The van der Waals surface area contributed by atoms with Crippen molar-refractivity contribution in [2.24, 2.45) is 0 Å². The van der Waals surface area contributed by atoms with Gasteiger partial charge in [-0.25, -0.2) is 0 Å². The van der Waals surface area contributed by atoms with Crippen molar-refractivity contribution in [2.45, 2.75) is 32.4 Å². The van der Waals surface area contributed by atoms with Gasteiger partial charge in [-0.15, -0.1) is 11.3 Å². The van der Waals surface area contributed by atoms with Crippen molar-refractivity contribution in [1.82, 2.24) is 10.2 Å². The van der Waals surface area contributed by atoms with E-state index in [9.17, 15) is 0 Å². The first-order valence-corrected chi connectivity index (χ1v) is 8.24. The summed E-state index contributed by atoms with van der Waals surface area (Å²) in [7, 11) is 0. The maximum atomic E-state index is 6.01. The van der Waals surface area contributed by atoms with Gasteiger partial charge in [0.05, 0.1) is 17.0 Å². The zero-order valence-corrected chi connectivity index (χ0v) is 13.3. The molecule has 1 aliphatic rings. The molecule has 3 nitrogen and oxygen atoms in total. The second kappa shape index (κ2) is 7.60. The molecular weight excluding hydrogens is 280 g/mol. The molecular formula is C14H23ClN2OS. The SMILES string of the molecule is CCNC(Cc1ccc(Cl)s1)C1CN(CC)CCO1. The average Bonchev–Trinajstić information content (AvgIpc) is 2.84. The minimum Gasteiger partial charge on any atom is -0.374 e. The quantitative estimate of drug-likeness (QED) is 0.874. The fraction of sp³-hybridized carbons (Fsp3) is 0.714. The molecule has 2 unspecified atom stereocenters. The Balaban J connectivity index is 1.98. The van der Waals surface area contributed by atoms with E-state index in [1.54, 1.807) is 11.3 Å². The molecule has 1 aliphatic heterocycles. The molecule has 1 saturated heterocycles. The number of ether oxygens (including phenoxy) is 1. The summed E-state index contributed by atoms with van der Waals surface area (Å²) in [6, 6.07) is 4.47. The van der Waals surface area contributed by atoms with E-state index in [4.69, 9.17) is 16.3 Å². The van der Waals surface area contributed by atoms with E-state index in [-0.39, 0.29) is 6.10 Å². The van der Waals surface area contributed by atoms with Crippen LogP contribution >= 0.6 is 22.9 Å². The van der Waals surface area contributed by atoms with Gasteiger partial charge >= 0.3 is 0 Å². The molecule has 1 N–H and O–H groups in total. The van der Waals surface area contributed by atoms with E-state index < -0.39 is 0 Å². The minimum atomic E-state index is 0.273. The zero-order chi connectivity index (χ0) is 13.7. The molecule has 0 radical (unpaired) electrons. The number of nitrogens with one attached hydrogen (secondary N) is 1. The predicted octanol–water partition coefficient (Wildman–Crippen LogP) is 2.64. The lowest BCUT2D eigenvalue weighted by Crippen LogP contribution is -2.52. The first-order chi connectivity index (χ1) is 9.22. The first-order valence-electron chi connectivity index (χ1n) is 7.04. The van der Waals surface area contributed by atoms with Crippen LogP contribution in [-0.2, 0) is 11.2 Å². The summed E-state index contributed by atoms with van der Waals surface area (Å²) in [5.41, 5.74) is 0.